The predicted molar refractivity (Wildman–Crippen MR) is 69.7 cm³/mol. The van der Waals surface area contributed by atoms with Crippen molar-refractivity contribution in [3.05, 3.63) is 0 Å². The van der Waals surface area contributed by atoms with Crippen LogP contribution in [0.5, 0.6) is 0 Å². The molecule has 0 spiro atoms. The van der Waals surface area contributed by atoms with Crippen molar-refractivity contribution in [1.82, 2.24) is 21.3 Å². The van der Waals surface area contributed by atoms with Crippen molar-refractivity contribution in [3.8, 4) is 0 Å². The fourth-order valence-corrected chi connectivity index (χ4v) is 0.993. The maximum absolute atomic E-state index is 11.3. The molecule has 0 aromatic carbocycles. The second kappa shape index (κ2) is 10.2. The molecule has 10 heteroatoms. The van der Waals surface area contributed by atoms with Gasteiger partial charge in [0.25, 0.3) is 0 Å². The van der Waals surface area contributed by atoms with E-state index in [0.717, 1.165) is 0 Å². The van der Waals surface area contributed by atoms with Gasteiger partial charge in [0.15, 0.2) is 0 Å². The molecule has 0 saturated heterocycles. The number of hydrogen-bond acceptors (Lipinski definition) is 6. The van der Waals surface area contributed by atoms with Crippen LogP contribution in [0.4, 0.5) is 0 Å². The molecule has 0 radical (unpaired) electrons. The molecule has 0 aromatic rings. The Morgan fingerprint density at radius 1 is 0.714 bits per heavy atom. The van der Waals surface area contributed by atoms with E-state index >= 15 is 0 Å². The Labute approximate surface area is 121 Å². The molecule has 4 N–H and O–H groups in total. The minimum atomic E-state index is -0.611. The Kier molecular flexibility index (Phi) is 8.89. The maximum Gasteiger partial charge on any atom is 0.325 e. The molecule has 21 heavy (non-hydrogen) atoms. The number of ether oxygens (including phenoxy) is 1. The van der Waals surface area contributed by atoms with Crippen molar-refractivity contribution in [1.29, 1.82) is 0 Å². The predicted octanol–water partition coefficient (Wildman–Crippen LogP) is -3.36. The third-order valence-corrected chi connectivity index (χ3v) is 2.05. The fraction of sp³-hybridized carbons (Fsp3) is 0.545. The molecule has 0 fully saturated rings. The van der Waals surface area contributed by atoms with E-state index < -0.39 is 23.7 Å². The first-order chi connectivity index (χ1) is 9.85. The quantitative estimate of drug-likeness (QED) is 0.345. The first kappa shape index (κ1) is 18.4. The zero-order valence-electron chi connectivity index (χ0n) is 11.8. The molecule has 0 bridgehead atoms. The van der Waals surface area contributed by atoms with Gasteiger partial charge in [-0.2, -0.15) is 0 Å². The molecule has 0 aliphatic carbocycles. The number of carbonyl (C=O) groups excluding carboxylic acids is 5. The maximum atomic E-state index is 11.3. The van der Waals surface area contributed by atoms with Gasteiger partial charge in [0.05, 0.1) is 26.7 Å². The first-order valence-corrected chi connectivity index (χ1v) is 5.96. The van der Waals surface area contributed by atoms with Crippen LogP contribution in [0.15, 0.2) is 0 Å². The molecule has 4 amide bonds. The van der Waals surface area contributed by atoms with Crippen molar-refractivity contribution < 1.29 is 28.7 Å². The average molecular weight is 302 g/mol. The van der Waals surface area contributed by atoms with Gasteiger partial charge in [-0.15, -0.1) is 0 Å². The van der Waals surface area contributed by atoms with Gasteiger partial charge >= 0.3 is 5.97 Å². The molecule has 0 aliphatic heterocycles. The molecule has 0 aliphatic rings. The van der Waals surface area contributed by atoms with E-state index in [4.69, 9.17) is 0 Å². The minimum absolute atomic E-state index is 0.234. The van der Waals surface area contributed by atoms with Crippen LogP contribution >= 0.6 is 0 Å². The monoisotopic (exact) mass is 302 g/mol. The lowest BCUT2D eigenvalue weighted by Crippen LogP contribution is -2.44. The van der Waals surface area contributed by atoms with Crippen molar-refractivity contribution >= 4 is 29.6 Å². The molecular formula is C11H18N4O6. The van der Waals surface area contributed by atoms with Crippen LogP contribution in [-0.2, 0) is 28.7 Å². The van der Waals surface area contributed by atoms with E-state index in [0.29, 0.717) is 0 Å². The largest absolute Gasteiger partial charge is 0.468 e. The standard InChI is InChI=1S/C11H18N4O6/c1-7(16)12-3-8(17)13-4-9(18)14-5-10(19)15-6-11(20)21-2/h3-6H2,1-2H3,(H,12,16)(H,13,17)(H,14,18)(H,15,19). The van der Waals surface area contributed by atoms with E-state index in [1.165, 1.54) is 14.0 Å². The third-order valence-electron chi connectivity index (χ3n) is 2.05. The molecule has 0 aromatic heterocycles. The number of rotatable bonds is 8. The zero-order chi connectivity index (χ0) is 16.3. The van der Waals surface area contributed by atoms with E-state index in [9.17, 15) is 24.0 Å². The summed E-state index contributed by atoms with van der Waals surface area (Å²) in [6.07, 6.45) is 0. The zero-order valence-corrected chi connectivity index (χ0v) is 11.8. The van der Waals surface area contributed by atoms with Gasteiger partial charge in [0.1, 0.15) is 6.54 Å². The molecule has 0 heterocycles. The highest BCUT2D eigenvalue weighted by molar-refractivity contribution is 5.90. The smallest absolute Gasteiger partial charge is 0.325 e. The Bertz CT molecular complexity index is 423. The summed E-state index contributed by atoms with van der Waals surface area (Å²) in [7, 11) is 1.18. The summed E-state index contributed by atoms with van der Waals surface area (Å²) in [6, 6.07) is 0. The van der Waals surface area contributed by atoms with Gasteiger partial charge in [-0.25, -0.2) is 0 Å². The highest BCUT2D eigenvalue weighted by Gasteiger charge is 2.09. The van der Waals surface area contributed by atoms with Gasteiger partial charge in [-0.05, 0) is 0 Å². The Balaban J connectivity index is 3.75. The van der Waals surface area contributed by atoms with Gasteiger partial charge in [0.2, 0.25) is 23.6 Å². The van der Waals surface area contributed by atoms with Crippen molar-refractivity contribution in [2.45, 2.75) is 6.92 Å². The Morgan fingerprint density at radius 3 is 1.48 bits per heavy atom. The fourth-order valence-electron chi connectivity index (χ4n) is 0.993. The summed E-state index contributed by atoms with van der Waals surface area (Å²) >= 11 is 0. The second-order valence-electron chi connectivity index (χ2n) is 3.82. The lowest BCUT2D eigenvalue weighted by Gasteiger charge is -2.07. The van der Waals surface area contributed by atoms with Crippen molar-refractivity contribution in [3.63, 3.8) is 0 Å². The summed E-state index contributed by atoms with van der Waals surface area (Å²) in [5.74, 6) is -2.66. The van der Waals surface area contributed by atoms with Crippen LogP contribution in [0.1, 0.15) is 6.92 Å². The lowest BCUT2D eigenvalue weighted by atomic mass is 10.4. The van der Waals surface area contributed by atoms with E-state index in [1.54, 1.807) is 0 Å². The van der Waals surface area contributed by atoms with Crippen LogP contribution in [0.25, 0.3) is 0 Å². The van der Waals surface area contributed by atoms with Crippen LogP contribution in [0.2, 0.25) is 0 Å². The number of amides is 4. The van der Waals surface area contributed by atoms with Gasteiger partial charge in [-0.1, -0.05) is 0 Å². The number of esters is 1. The number of nitrogens with one attached hydrogen (secondary N) is 4. The first-order valence-electron chi connectivity index (χ1n) is 5.96. The van der Waals surface area contributed by atoms with E-state index in [2.05, 4.69) is 26.0 Å². The molecule has 0 atom stereocenters. The summed E-state index contributed by atoms with van der Waals surface area (Å²) < 4.78 is 4.31. The molecule has 0 rings (SSSR count). The van der Waals surface area contributed by atoms with Crippen LogP contribution in [0.3, 0.4) is 0 Å². The Hall–Kier alpha value is -2.65. The number of hydrogen-bond donors (Lipinski definition) is 4. The van der Waals surface area contributed by atoms with Crippen LogP contribution in [-0.4, -0.2) is 62.9 Å². The number of methoxy groups -OCH3 is 1. The molecule has 10 nitrogen and oxygen atoms in total. The molecule has 0 saturated carbocycles. The summed E-state index contributed by atoms with van der Waals surface area (Å²) in [6.45, 7) is 0.0634. The number of carbonyl (C=O) groups is 5. The highest BCUT2D eigenvalue weighted by atomic mass is 16.5. The molecule has 118 valence electrons. The second-order valence-corrected chi connectivity index (χ2v) is 3.82. The van der Waals surface area contributed by atoms with Gasteiger partial charge in [0, 0.05) is 6.92 Å². The summed E-state index contributed by atoms with van der Waals surface area (Å²) in [4.78, 5) is 55.0. The van der Waals surface area contributed by atoms with Crippen molar-refractivity contribution in [2.24, 2.45) is 0 Å². The van der Waals surface area contributed by atoms with E-state index in [-0.39, 0.29) is 32.1 Å². The average Bonchev–Trinajstić information content (AvgIpc) is 2.45. The Morgan fingerprint density at radius 2 is 1.10 bits per heavy atom. The molecular weight excluding hydrogens is 284 g/mol. The highest BCUT2D eigenvalue weighted by Crippen LogP contribution is 1.72. The third kappa shape index (κ3) is 10.9. The lowest BCUT2D eigenvalue weighted by molar-refractivity contribution is -0.141. The van der Waals surface area contributed by atoms with Crippen LogP contribution < -0.4 is 21.3 Å². The summed E-state index contributed by atoms with van der Waals surface area (Å²) in [5, 5.41) is 8.97. The SMILES string of the molecule is COC(=O)CNC(=O)CNC(=O)CNC(=O)CNC(C)=O. The van der Waals surface area contributed by atoms with Gasteiger partial charge in [-0.3, -0.25) is 24.0 Å². The summed E-state index contributed by atoms with van der Waals surface area (Å²) in [5.41, 5.74) is 0. The molecule has 0 unspecified atom stereocenters. The van der Waals surface area contributed by atoms with Crippen molar-refractivity contribution in [2.75, 3.05) is 33.3 Å². The van der Waals surface area contributed by atoms with E-state index in [1.807, 2.05) is 0 Å². The van der Waals surface area contributed by atoms with Crippen LogP contribution in [0, 0.1) is 0 Å². The topological polar surface area (TPSA) is 143 Å². The van der Waals surface area contributed by atoms with Gasteiger partial charge < -0.3 is 26.0 Å². The minimum Gasteiger partial charge on any atom is -0.468 e. The normalized spacial score (nSPS) is 9.24.